The summed E-state index contributed by atoms with van der Waals surface area (Å²) in [5, 5.41) is 5.41. The Kier molecular flexibility index (Phi) is 4.94. The van der Waals surface area contributed by atoms with E-state index in [0.29, 0.717) is 28.0 Å². The predicted octanol–water partition coefficient (Wildman–Crippen LogP) is 3.66. The molecule has 3 heterocycles. The van der Waals surface area contributed by atoms with E-state index in [4.69, 9.17) is 9.15 Å². The number of benzene rings is 1. The first-order chi connectivity index (χ1) is 13.7. The molecule has 1 aromatic carbocycles. The Morgan fingerprint density at radius 3 is 2.93 bits per heavy atom. The number of carbonyl (C=O) groups excluding carboxylic acids is 1. The van der Waals surface area contributed by atoms with Crippen LogP contribution in [0.2, 0.25) is 0 Å². The number of ether oxygens (including phenoxy) is 1. The monoisotopic (exact) mass is 394 g/mol. The van der Waals surface area contributed by atoms with Gasteiger partial charge in [-0.2, -0.15) is 0 Å². The number of aromatic nitrogens is 3. The van der Waals surface area contributed by atoms with Crippen LogP contribution in [0.5, 0.6) is 5.75 Å². The first-order valence-electron chi connectivity index (χ1n) is 8.57. The van der Waals surface area contributed by atoms with Crippen LogP contribution in [-0.2, 0) is 7.05 Å². The fourth-order valence-electron chi connectivity index (χ4n) is 2.87. The fraction of sp³-hybridized carbons (Fsp3) is 0.150. The number of nitrogens with one attached hydrogen (secondary N) is 1. The summed E-state index contributed by atoms with van der Waals surface area (Å²) in [6.07, 6.45) is 5.12. The fourth-order valence-corrected chi connectivity index (χ4v) is 3.64. The highest BCUT2D eigenvalue weighted by molar-refractivity contribution is 7.13. The number of amides is 1. The minimum atomic E-state index is -0.448. The summed E-state index contributed by atoms with van der Waals surface area (Å²) >= 11 is 1.36. The number of imidazole rings is 1. The van der Waals surface area contributed by atoms with E-state index >= 15 is 0 Å². The van der Waals surface area contributed by atoms with Gasteiger partial charge in [0.25, 0.3) is 5.91 Å². The molecule has 0 fully saturated rings. The number of nitrogens with zero attached hydrogens (tertiary/aromatic N) is 3. The van der Waals surface area contributed by atoms with Crippen LogP contribution in [0.3, 0.4) is 0 Å². The van der Waals surface area contributed by atoms with Gasteiger partial charge in [-0.1, -0.05) is 12.1 Å². The molecule has 4 rings (SSSR count). The SMILES string of the molecule is COc1cccc(C(NC(=O)c2csc(-c3ccco3)n2)c2nccn2C)c1. The quantitative estimate of drug-likeness (QED) is 0.540. The Balaban J connectivity index is 1.64. The van der Waals surface area contributed by atoms with Crippen LogP contribution < -0.4 is 10.1 Å². The molecule has 7 nitrogen and oxygen atoms in total. The van der Waals surface area contributed by atoms with Crippen LogP contribution in [0.1, 0.15) is 27.9 Å². The third-order valence-corrected chi connectivity index (χ3v) is 5.14. The Bertz CT molecular complexity index is 1080. The number of methoxy groups -OCH3 is 1. The van der Waals surface area contributed by atoms with Gasteiger partial charge in [0.1, 0.15) is 23.3 Å². The molecular weight excluding hydrogens is 376 g/mol. The molecule has 1 unspecified atom stereocenters. The summed E-state index contributed by atoms with van der Waals surface area (Å²) < 4.78 is 12.6. The number of carbonyl (C=O) groups is 1. The summed E-state index contributed by atoms with van der Waals surface area (Å²) in [4.78, 5) is 21.7. The van der Waals surface area contributed by atoms with Crippen LogP contribution >= 0.6 is 11.3 Å². The van der Waals surface area contributed by atoms with E-state index in [-0.39, 0.29) is 5.91 Å². The van der Waals surface area contributed by atoms with E-state index in [0.717, 1.165) is 5.56 Å². The first kappa shape index (κ1) is 18.0. The molecule has 0 saturated carbocycles. The zero-order chi connectivity index (χ0) is 19.5. The summed E-state index contributed by atoms with van der Waals surface area (Å²) in [7, 11) is 3.50. The maximum Gasteiger partial charge on any atom is 0.271 e. The lowest BCUT2D eigenvalue weighted by Gasteiger charge is -2.19. The molecule has 1 atom stereocenters. The minimum Gasteiger partial charge on any atom is -0.497 e. The van der Waals surface area contributed by atoms with E-state index < -0.39 is 6.04 Å². The third kappa shape index (κ3) is 3.54. The van der Waals surface area contributed by atoms with Crippen LogP contribution in [-0.4, -0.2) is 27.6 Å². The average Bonchev–Trinajstić information content (AvgIpc) is 3.47. The number of hydrogen-bond donors (Lipinski definition) is 1. The van der Waals surface area contributed by atoms with Crippen LogP contribution in [0, 0.1) is 0 Å². The molecule has 1 amide bonds. The molecular formula is C20H18N4O3S. The Morgan fingerprint density at radius 2 is 2.21 bits per heavy atom. The van der Waals surface area contributed by atoms with Gasteiger partial charge in [-0.15, -0.1) is 11.3 Å². The van der Waals surface area contributed by atoms with Crippen molar-refractivity contribution in [3.8, 4) is 16.5 Å². The molecule has 0 aliphatic carbocycles. The maximum atomic E-state index is 12.9. The molecule has 4 aromatic rings. The molecule has 142 valence electrons. The van der Waals surface area contributed by atoms with E-state index in [1.165, 1.54) is 11.3 Å². The lowest BCUT2D eigenvalue weighted by molar-refractivity contribution is 0.0937. The van der Waals surface area contributed by atoms with Gasteiger partial charge >= 0.3 is 0 Å². The predicted molar refractivity (Wildman–Crippen MR) is 105 cm³/mol. The van der Waals surface area contributed by atoms with Gasteiger partial charge in [0.15, 0.2) is 10.8 Å². The van der Waals surface area contributed by atoms with Crippen molar-refractivity contribution < 1.29 is 13.9 Å². The van der Waals surface area contributed by atoms with Crippen LogP contribution in [0.4, 0.5) is 0 Å². The van der Waals surface area contributed by atoms with Gasteiger partial charge < -0.3 is 19.0 Å². The van der Waals surface area contributed by atoms with Gasteiger partial charge in [-0.05, 0) is 29.8 Å². The summed E-state index contributed by atoms with van der Waals surface area (Å²) in [6, 6.07) is 10.7. The molecule has 0 bridgehead atoms. The Morgan fingerprint density at radius 1 is 1.32 bits per heavy atom. The maximum absolute atomic E-state index is 12.9. The lowest BCUT2D eigenvalue weighted by atomic mass is 10.1. The van der Waals surface area contributed by atoms with Crippen LogP contribution in [0.15, 0.2) is 64.9 Å². The second-order valence-electron chi connectivity index (χ2n) is 6.09. The number of hydrogen-bond acceptors (Lipinski definition) is 6. The van der Waals surface area contributed by atoms with E-state index in [1.807, 2.05) is 48.1 Å². The summed E-state index contributed by atoms with van der Waals surface area (Å²) in [5.74, 6) is 1.77. The molecule has 0 spiro atoms. The number of aryl methyl sites for hydroxylation is 1. The van der Waals surface area contributed by atoms with Crippen molar-refractivity contribution in [1.29, 1.82) is 0 Å². The first-order valence-corrected chi connectivity index (χ1v) is 9.45. The smallest absolute Gasteiger partial charge is 0.271 e. The zero-order valence-electron chi connectivity index (χ0n) is 15.3. The Hall–Kier alpha value is -3.39. The molecule has 8 heteroatoms. The van der Waals surface area contributed by atoms with Crippen LogP contribution in [0.25, 0.3) is 10.8 Å². The normalized spacial score (nSPS) is 11.9. The van der Waals surface area contributed by atoms with Crippen molar-refractivity contribution in [2.75, 3.05) is 7.11 Å². The summed E-state index contributed by atoms with van der Waals surface area (Å²) in [5.41, 5.74) is 1.20. The van der Waals surface area contributed by atoms with Crippen molar-refractivity contribution in [3.05, 3.63) is 77.5 Å². The molecule has 0 radical (unpaired) electrons. The van der Waals surface area contributed by atoms with E-state index in [1.54, 1.807) is 31.0 Å². The molecule has 0 saturated heterocycles. The topological polar surface area (TPSA) is 82.2 Å². The second-order valence-corrected chi connectivity index (χ2v) is 6.95. The van der Waals surface area contributed by atoms with Gasteiger partial charge in [-0.3, -0.25) is 4.79 Å². The van der Waals surface area contributed by atoms with Gasteiger partial charge in [-0.25, -0.2) is 9.97 Å². The molecule has 0 aliphatic heterocycles. The third-order valence-electron chi connectivity index (χ3n) is 4.29. The van der Waals surface area contributed by atoms with Gasteiger partial charge in [0.2, 0.25) is 0 Å². The van der Waals surface area contributed by atoms with Crippen molar-refractivity contribution in [2.45, 2.75) is 6.04 Å². The largest absolute Gasteiger partial charge is 0.497 e. The van der Waals surface area contributed by atoms with E-state index in [9.17, 15) is 4.79 Å². The molecule has 3 aromatic heterocycles. The standard InChI is InChI=1S/C20H18N4O3S/c1-24-9-8-21-18(24)17(13-5-3-6-14(11-13)26-2)23-19(25)15-12-28-20(22-15)16-7-4-10-27-16/h3-12,17H,1-2H3,(H,23,25). The summed E-state index contributed by atoms with van der Waals surface area (Å²) in [6.45, 7) is 0. The molecule has 0 aliphatic rings. The van der Waals surface area contributed by atoms with Crippen molar-refractivity contribution in [3.63, 3.8) is 0 Å². The molecule has 28 heavy (non-hydrogen) atoms. The van der Waals surface area contributed by atoms with Crippen molar-refractivity contribution in [2.24, 2.45) is 7.05 Å². The van der Waals surface area contributed by atoms with Crippen molar-refractivity contribution >= 4 is 17.2 Å². The Labute approximate surface area is 165 Å². The second kappa shape index (κ2) is 7.69. The highest BCUT2D eigenvalue weighted by atomic mass is 32.1. The lowest BCUT2D eigenvalue weighted by Crippen LogP contribution is -2.31. The van der Waals surface area contributed by atoms with E-state index in [2.05, 4.69) is 15.3 Å². The van der Waals surface area contributed by atoms with Gasteiger partial charge in [0.05, 0.1) is 13.4 Å². The number of thiazole rings is 1. The van der Waals surface area contributed by atoms with Crippen molar-refractivity contribution in [1.82, 2.24) is 19.9 Å². The number of rotatable bonds is 6. The van der Waals surface area contributed by atoms with Gasteiger partial charge in [0, 0.05) is 24.8 Å². The average molecular weight is 394 g/mol. The minimum absolute atomic E-state index is 0.287. The zero-order valence-corrected chi connectivity index (χ0v) is 16.1. The number of furan rings is 1. The highest BCUT2D eigenvalue weighted by Gasteiger charge is 2.23. The molecule has 1 N–H and O–H groups in total. The highest BCUT2D eigenvalue weighted by Crippen LogP contribution is 2.26.